The predicted octanol–water partition coefficient (Wildman–Crippen LogP) is 2.46. The molecule has 0 spiro atoms. The Labute approximate surface area is 87.2 Å². The molecule has 1 saturated carbocycles. The molecule has 0 aromatic heterocycles. The third-order valence-electron chi connectivity index (χ3n) is 3.84. The van der Waals surface area contributed by atoms with Gasteiger partial charge in [0.1, 0.15) is 0 Å². The summed E-state index contributed by atoms with van der Waals surface area (Å²) in [5.41, 5.74) is 6.30. The van der Waals surface area contributed by atoms with Crippen LogP contribution in [-0.4, -0.2) is 18.8 Å². The van der Waals surface area contributed by atoms with Crippen molar-refractivity contribution in [3.05, 3.63) is 0 Å². The molecule has 2 unspecified atom stereocenters. The summed E-state index contributed by atoms with van der Waals surface area (Å²) in [5.74, 6) is 0.737. The highest BCUT2D eigenvalue weighted by Crippen LogP contribution is 2.29. The lowest BCUT2D eigenvalue weighted by molar-refractivity contribution is 0.0687. The monoisotopic (exact) mass is 197 g/mol. The van der Waals surface area contributed by atoms with Gasteiger partial charge in [-0.1, -0.05) is 25.7 Å². The zero-order chi connectivity index (χ0) is 9.80. The molecule has 1 heterocycles. The van der Waals surface area contributed by atoms with E-state index in [4.69, 9.17) is 10.5 Å². The predicted molar refractivity (Wildman–Crippen MR) is 58.1 cm³/mol. The quantitative estimate of drug-likeness (QED) is 0.690. The van der Waals surface area contributed by atoms with Crippen molar-refractivity contribution < 1.29 is 4.74 Å². The van der Waals surface area contributed by atoms with E-state index in [1.807, 2.05) is 0 Å². The van der Waals surface area contributed by atoms with E-state index in [9.17, 15) is 0 Å². The Morgan fingerprint density at radius 1 is 0.929 bits per heavy atom. The van der Waals surface area contributed by atoms with Crippen LogP contribution in [0.4, 0.5) is 0 Å². The van der Waals surface area contributed by atoms with Crippen LogP contribution in [0.15, 0.2) is 0 Å². The summed E-state index contributed by atoms with van der Waals surface area (Å²) < 4.78 is 5.68. The molecular weight excluding hydrogens is 174 g/mol. The number of hydrogen-bond acceptors (Lipinski definition) is 2. The van der Waals surface area contributed by atoms with Crippen LogP contribution in [0.3, 0.4) is 0 Å². The average molecular weight is 197 g/mol. The largest absolute Gasteiger partial charge is 0.377 e. The fraction of sp³-hybridized carbons (Fsp3) is 1.00. The lowest BCUT2D eigenvalue weighted by atomic mass is 9.88. The lowest BCUT2D eigenvalue weighted by Crippen LogP contribution is -2.40. The average Bonchev–Trinajstić information content (AvgIpc) is 2.59. The highest BCUT2D eigenvalue weighted by Gasteiger charge is 2.29. The maximum Gasteiger partial charge on any atom is 0.0729 e. The van der Waals surface area contributed by atoms with Crippen molar-refractivity contribution in [1.82, 2.24) is 0 Å². The normalized spacial score (nSPS) is 32.8. The zero-order valence-electron chi connectivity index (χ0n) is 9.08. The van der Waals surface area contributed by atoms with Crippen molar-refractivity contribution in [2.75, 3.05) is 6.61 Å². The SMILES string of the molecule is NC(C1CCCCCC1)C1CCCO1. The summed E-state index contributed by atoms with van der Waals surface area (Å²) in [4.78, 5) is 0. The van der Waals surface area contributed by atoms with Gasteiger partial charge in [-0.05, 0) is 31.6 Å². The Bertz CT molecular complexity index is 158. The molecule has 0 bridgehead atoms. The van der Waals surface area contributed by atoms with Gasteiger partial charge in [0, 0.05) is 12.6 Å². The van der Waals surface area contributed by atoms with Crippen LogP contribution < -0.4 is 5.73 Å². The molecule has 0 aromatic carbocycles. The molecule has 0 amide bonds. The van der Waals surface area contributed by atoms with Crippen molar-refractivity contribution in [3.8, 4) is 0 Å². The van der Waals surface area contributed by atoms with Crippen LogP contribution >= 0.6 is 0 Å². The number of hydrogen-bond donors (Lipinski definition) is 1. The Kier molecular flexibility index (Phi) is 3.82. The summed E-state index contributed by atoms with van der Waals surface area (Å²) in [5, 5.41) is 0. The second kappa shape index (κ2) is 5.13. The van der Waals surface area contributed by atoms with Crippen LogP contribution in [0.1, 0.15) is 51.4 Å². The third kappa shape index (κ3) is 2.48. The van der Waals surface area contributed by atoms with E-state index in [2.05, 4.69) is 0 Å². The molecule has 2 heteroatoms. The minimum absolute atomic E-state index is 0.315. The first kappa shape index (κ1) is 10.4. The Morgan fingerprint density at radius 3 is 2.21 bits per heavy atom. The molecule has 0 radical (unpaired) electrons. The second-order valence-corrected chi connectivity index (χ2v) is 4.88. The van der Waals surface area contributed by atoms with E-state index in [1.54, 1.807) is 0 Å². The van der Waals surface area contributed by atoms with Crippen LogP contribution in [0, 0.1) is 5.92 Å². The van der Waals surface area contributed by atoms with Gasteiger partial charge in [0.2, 0.25) is 0 Å². The molecule has 82 valence electrons. The Hall–Kier alpha value is -0.0800. The molecular formula is C12H23NO. The van der Waals surface area contributed by atoms with Gasteiger partial charge in [-0.2, -0.15) is 0 Å². The molecule has 2 fully saturated rings. The topological polar surface area (TPSA) is 35.2 Å². The van der Waals surface area contributed by atoms with Crippen LogP contribution in [0.25, 0.3) is 0 Å². The van der Waals surface area contributed by atoms with Gasteiger partial charge in [0.05, 0.1) is 6.10 Å². The van der Waals surface area contributed by atoms with Crippen LogP contribution in [-0.2, 0) is 4.74 Å². The van der Waals surface area contributed by atoms with E-state index in [1.165, 1.54) is 51.4 Å². The smallest absolute Gasteiger partial charge is 0.0729 e. The van der Waals surface area contributed by atoms with Gasteiger partial charge in [-0.25, -0.2) is 0 Å². The first-order valence-corrected chi connectivity index (χ1v) is 6.25. The van der Waals surface area contributed by atoms with E-state index in [0.717, 1.165) is 12.5 Å². The third-order valence-corrected chi connectivity index (χ3v) is 3.84. The van der Waals surface area contributed by atoms with Crippen molar-refractivity contribution in [1.29, 1.82) is 0 Å². The highest BCUT2D eigenvalue weighted by atomic mass is 16.5. The molecule has 2 rings (SSSR count). The first-order chi connectivity index (χ1) is 6.88. The molecule has 14 heavy (non-hydrogen) atoms. The molecule has 2 nitrogen and oxygen atoms in total. The van der Waals surface area contributed by atoms with Gasteiger partial charge >= 0.3 is 0 Å². The standard InChI is InChI=1S/C12H23NO/c13-12(11-8-5-9-14-11)10-6-3-1-2-4-7-10/h10-12H,1-9,13H2. The van der Waals surface area contributed by atoms with Gasteiger partial charge in [0.25, 0.3) is 0 Å². The van der Waals surface area contributed by atoms with Gasteiger partial charge in [0.15, 0.2) is 0 Å². The maximum atomic E-state index is 6.30. The van der Waals surface area contributed by atoms with Crippen molar-refractivity contribution in [2.45, 2.75) is 63.5 Å². The number of ether oxygens (including phenoxy) is 1. The van der Waals surface area contributed by atoms with E-state index >= 15 is 0 Å². The van der Waals surface area contributed by atoms with E-state index in [-0.39, 0.29) is 0 Å². The summed E-state index contributed by atoms with van der Waals surface area (Å²) >= 11 is 0. The molecule has 2 N–H and O–H groups in total. The van der Waals surface area contributed by atoms with Crippen LogP contribution in [0.2, 0.25) is 0 Å². The molecule has 2 aliphatic rings. The van der Waals surface area contributed by atoms with Gasteiger partial charge < -0.3 is 10.5 Å². The summed E-state index contributed by atoms with van der Waals surface area (Å²) in [7, 11) is 0. The van der Waals surface area contributed by atoms with Gasteiger partial charge in [-0.15, -0.1) is 0 Å². The van der Waals surface area contributed by atoms with E-state index < -0.39 is 0 Å². The Balaban J connectivity index is 1.84. The summed E-state index contributed by atoms with van der Waals surface area (Å²) in [6.45, 7) is 0.936. The van der Waals surface area contributed by atoms with Gasteiger partial charge in [-0.3, -0.25) is 0 Å². The fourth-order valence-corrected chi connectivity index (χ4v) is 2.91. The Morgan fingerprint density at radius 2 is 1.64 bits per heavy atom. The maximum absolute atomic E-state index is 6.30. The number of nitrogens with two attached hydrogens (primary N) is 1. The van der Waals surface area contributed by atoms with Crippen molar-refractivity contribution in [2.24, 2.45) is 11.7 Å². The lowest BCUT2D eigenvalue weighted by Gasteiger charge is -2.26. The van der Waals surface area contributed by atoms with Crippen molar-refractivity contribution in [3.63, 3.8) is 0 Å². The highest BCUT2D eigenvalue weighted by molar-refractivity contribution is 4.84. The minimum Gasteiger partial charge on any atom is -0.377 e. The number of rotatable bonds is 2. The van der Waals surface area contributed by atoms with Crippen LogP contribution in [0.5, 0.6) is 0 Å². The molecule has 1 aliphatic carbocycles. The zero-order valence-corrected chi connectivity index (χ0v) is 9.08. The molecule has 2 atom stereocenters. The van der Waals surface area contributed by atoms with E-state index in [0.29, 0.717) is 12.1 Å². The summed E-state index contributed by atoms with van der Waals surface area (Å²) in [6, 6.07) is 0.315. The molecule has 1 aliphatic heterocycles. The second-order valence-electron chi connectivity index (χ2n) is 4.88. The minimum atomic E-state index is 0.315. The molecule has 0 aromatic rings. The first-order valence-electron chi connectivity index (χ1n) is 6.25. The summed E-state index contributed by atoms with van der Waals surface area (Å²) in [6.07, 6.45) is 11.0. The fourth-order valence-electron chi connectivity index (χ4n) is 2.91. The molecule has 1 saturated heterocycles. The van der Waals surface area contributed by atoms with Crippen molar-refractivity contribution >= 4 is 0 Å².